The third-order valence-electron chi connectivity index (χ3n) is 4.72. The third kappa shape index (κ3) is 3.94. The van der Waals surface area contributed by atoms with Gasteiger partial charge in [-0.25, -0.2) is 0 Å². The van der Waals surface area contributed by atoms with Gasteiger partial charge in [0.25, 0.3) is 0 Å². The lowest BCUT2D eigenvalue weighted by atomic mass is 9.74. The summed E-state index contributed by atoms with van der Waals surface area (Å²) in [5.74, 6) is 0.227. The highest BCUT2D eigenvalue weighted by molar-refractivity contribution is 4.92. The molecule has 2 aliphatic rings. The topological polar surface area (TPSA) is 47.9 Å². The molecule has 0 aromatic rings. The fourth-order valence-electron chi connectivity index (χ4n) is 3.70. The predicted octanol–water partition coefficient (Wildman–Crippen LogP) is 2.88. The van der Waals surface area contributed by atoms with Crippen LogP contribution in [0.15, 0.2) is 0 Å². The van der Waals surface area contributed by atoms with Crippen LogP contribution in [-0.2, 0) is 14.2 Å². The molecule has 2 rings (SSSR count). The minimum atomic E-state index is -0.544. The van der Waals surface area contributed by atoms with E-state index in [9.17, 15) is 5.11 Å². The molecule has 0 aromatic heterocycles. The van der Waals surface area contributed by atoms with Crippen molar-refractivity contribution in [2.24, 2.45) is 5.92 Å². The van der Waals surface area contributed by atoms with Crippen LogP contribution >= 0.6 is 0 Å². The van der Waals surface area contributed by atoms with E-state index >= 15 is 0 Å². The molecule has 1 aliphatic carbocycles. The average Bonchev–Trinajstić information content (AvgIpc) is 2.47. The molecule has 1 N–H and O–H groups in total. The maximum absolute atomic E-state index is 10.6. The Hall–Kier alpha value is -0.160. The van der Waals surface area contributed by atoms with Crippen LogP contribution in [0.5, 0.6) is 0 Å². The molecule has 0 aromatic carbocycles. The highest BCUT2D eigenvalue weighted by Crippen LogP contribution is 2.42. The Morgan fingerprint density at radius 2 is 1.80 bits per heavy atom. The first-order valence-electron chi connectivity index (χ1n) is 8.26. The number of rotatable bonds is 6. The minimum absolute atomic E-state index is 0.0190. The van der Waals surface area contributed by atoms with Crippen LogP contribution in [0.1, 0.15) is 58.8 Å². The zero-order valence-electron chi connectivity index (χ0n) is 13.0. The summed E-state index contributed by atoms with van der Waals surface area (Å²) >= 11 is 0. The van der Waals surface area contributed by atoms with Gasteiger partial charge in [0.15, 0.2) is 6.29 Å². The zero-order chi connectivity index (χ0) is 14.4. The Kier molecular flexibility index (Phi) is 6.27. The molecule has 4 heteroatoms. The first kappa shape index (κ1) is 16.2. The summed E-state index contributed by atoms with van der Waals surface area (Å²) in [6, 6.07) is 0. The van der Waals surface area contributed by atoms with Gasteiger partial charge in [-0.15, -0.1) is 0 Å². The molecular weight excluding hydrogens is 256 g/mol. The van der Waals surface area contributed by atoms with Gasteiger partial charge in [0.2, 0.25) is 0 Å². The molecule has 118 valence electrons. The molecule has 1 heterocycles. The third-order valence-corrected chi connectivity index (χ3v) is 4.72. The second kappa shape index (κ2) is 7.74. The predicted molar refractivity (Wildman–Crippen MR) is 77.5 cm³/mol. The molecule has 0 amide bonds. The molecule has 4 nitrogen and oxygen atoms in total. The number of hydrogen-bond acceptors (Lipinski definition) is 4. The summed E-state index contributed by atoms with van der Waals surface area (Å²) < 4.78 is 17.2. The van der Waals surface area contributed by atoms with E-state index in [1.807, 2.05) is 13.8 Å². The molecule has 0 radical (unpaired) electrons. The molecule has 20 heavy (non-hydrogen) atoms. The number of aliphatic hydroxyl groups is 1. The molecule has 1 aliphatic heterocycles. The van der Waals surface area contributed by atoms with Crippen LogP contribution in [0.25, 0.3) is 0 Å². The fraction of sp³-hybridized carbons (Fsp3) is 1.00. The van der Waals surface area contributed by atoms with E-state index in [1.165, 1.54) is 19.3 Å². The molecule has 2 unspecified atom stereocenters. The lowest BCUT2D eigenvalue weighted by molar-refractivity contribution is -0.220. The Labute approximate surface area is 122 Å². The summed E-state index contributed by atoms with van der Waals surface area (Å²) in [5.41, 5.74) is 0.0190. The van der Waals surface area contributed by atoms with E-state index in [2.05, 4.69) is 0 Å². The summed E-state index contributed by atoms with van der Waals surface area (Å²) in [7, 11) is 0. The second-order valence-corrected chi connectivity index (χ2v) is 6.11. The summed E-state index contributed by atoms with van der Waals surface area (Å²) in [6.45, 7) is 5.76. The smallest absolute Gasteiger partial charge is 0.183 e. The largest absolute Gasteiger partial charge is 0.388 e. The molecule has 2 fully saturated rings. The van der Waals surface area contributed by atoms with Crippen molar-refractivity contribution in [3.8, 4) is 0 Å². The molecule has 1 saturated heterocycles. The van der Waals surface area contributed by atoms with Crippen molar-refractivity contribution in [3.05, 3.63) is 0 Å². The van der Waals surface area contributed by atoms with Crippen molar-refractivity contribution in [1.82, 2.24) is 0 Å². The van der Waals surface area contributed by atoms with Crippen molar-refractivity contribution in [2.45, 2.75) is 76.8 Å². The van der Waals surface area contributed by atoms with Crippen molar-refractivity contribution in [3.63, 3.8) is 0 Å². The quantitative estimate of drug-likeness (QED) is 0.763. The molecule has 2 atom stereocenters. The molecular formula is C16H30O4. The van der Waals surface area contributed by atoms with Crippen molar-refractivity contribution >= 4 is 0 Å². The van der Waals surface area contributed by atoms with E-state index in [1.54, 1.807) is 0 Å². The van der Waals surface area contributed by atoms with Crippen molar-refractivity contribution in [2.75, 3.05) is 19.8 Å². The Morgan fingerprint density at radius 3 is 2.40 bits per heavy atom. The summed E-state index contributed by atoms with van der Waals surface area (Å²) in [6.07, 6.45) is 6.93. The maximum Gasteiger partial charge on any atom is 0.183 e. The van der Waals surface area contributed by atoms with Gasteiger partial charge in [0.1, 0.15) is 6.10 Å². The molecule has 1 spiro atoms. The monoisotopic (exact) mass is 286 g/mol. The van der Waals surface area contributed by atoms with Crippen LogP contribution < -0.4 is 0 Å². The fourth-order valence-corrected chi connectivity index (χ4v) is 3.70. The highest BCUT2D eigenvalue weighted by Gasteiger charge is 2.42. The number of hydrogen-bond donors (Lipinski definition) is 1. The van der Waals surface area contributed by atoms with E-state index in [4.69, 9.17) is 14.2 Å². The summed E-state index contributed by atoms with van der Waals surface area (Å²) in [5, 5.41) is 10.6. The maximum atomic E-state index is 10.6. The van der Waals surface area contributed by atoms with Crippen molar-refractivity contribution in [1.29, 1.82) is 0 Å². The van der Waals surface area contributed by atoms with Crippen molar-refractivity contribution < 1.29 is 19.3 Å². The van der Waals surface area contributed by atoms with Gasteiger partial charge in [0.05, 0.1) is 5.60 Å². The Balaban J connectivity index is 1.95. The van der Waals surface area contributed by atoms with Gasteiger partial charge >= 0.3 is 0 Å². The van der Waals surface area contributed by atoms with Gasteiger partial charge in [0, 0.05) is 19.8 Å². The Morgan fingerprint density at radius 1 is 1.15 bits per heavy atom. The first-order valence-corrected chi connectivity index (χ1v) is 8.26. The van der Waals surface area contributed by atoms with Crippen LogP contribution in [-0.4, -0.2) is 42.9 Å². The van der Waals surface area contributed by atoms with E-state index in [0.29, 0.717) is 13.2 Å². The van der Waals surface area contributed by atoms with Gasteiger partial charge in [-0.1, -0.05) is 19.3 Å². The SMILES string of the molecule is CCOC(OCC)C(O)C1CCOC2(CCCCC2)C1. The van der Waals surface area contributed by atoms with Gasteiger partial charge in [-0.2, -0.15) is 0 Å². The van der Waals surface area contributed by atoms with Gasteiger partial charge in [-0.3, -0.25) is 0 Å². The van der Waals surface area contributed by atoms with Crippen LogP contribution in [0, 0.1) is 5.92 Å². The standard InChI is InChI=1S/C16H30O4/c1-3-18-15(19-4-2)14(17)13-8-11-20-16(12-13)9-6-5-7-10-16/h13-15,17H,3-12H2,1-2H3. The van der Waals surface area contributed by atoms with Crippen LogP contribution in [0.3, 0.4) is 0 Å². The van der Waals surface area contributed by atoms with Gasteiger partial charge < -0.3 is 19.3 Å². The van der Waals surface area contributed by atoms with E-state index in [-0.39, 0.29) is 11.5 Å². The van der Waals surface area contributed by atoms with Gasteiger partial charge in [-0.05, 0) is 45.4 Å². The highest BCUT2D eigenvalue weighted by atomic mass is 16.7. The Bertz CT molecular complexity index is 264. The lowest BCUT2D eigenvalue weighted by Gasteiger charge is -2.45. The molecule has 0 bridgehead atoms. The normalized spacial score (nSPS) is 27.9. The lowest BCUT2D eigenvalue weighted by Crippen LogP contribution is -2.48. The minimum Gasteiger partial charge on any atom is -0.388 e. The molecule has 1 saturated carbocycles. The summed E-state index contributed by atoms with van der Waals surface area (Å²) in [4.78, 5) is 0. The number of aliphatic hydroxyl groups excluding tert-OH is 1. The number of ether oxygens (including phenoxy) is 3. The van der Waals surface area contributed by atoms with E-state index < -0.39 is 12.4 Å². The van der Waals surface area contributed by atoms with E-state index in [0.717, 1.165) is 32.3 Å². The first-order chi connectivity index (χ1) is 9.71. The van der Waals surface area contributed by atoms with Crippen LogP contribution in [0.2, 0.25) is 0 Å². The van der Waals surface area contributed by atoms with Crippen LogP contribution in [0.4, 0.5) is 0 Å². The zero-order valence-corrected chi connectivity index (χ0v) is 13.0. The average molecular weight is 286 g/mol. The second-order valence-electron chi connectivity index (χ2n) is 6.11.